The highest BCUT2D eigenvalue weighted by molar-refractivity contribution is 7.90. The van der Waals surface area contributed by atoms with Gasteiger partial charge < -0.3 is 5.32 Å². The van der Waals surface area contributed by atoms with Crippen molar-refractivity contribution in [2.45, 2.75) is 30.2 Å². The van der Waals surface area contributed by atoms with Gasteiger partial charge >= 0.3 is 6.03 Å². The van der Waals surface area contributed by atoms with Crippen LogP contribution in [0.3, 0.4) is 0 Å². The van der Waals surface area contributed by atoms with Crippen LogP contribution in [0.15, 0.2) is 59.6 Å². The first-order valence-corrected chi connectivity index (χ1v) is 13.2. The lowest BCUT2D eigenvalue weighted by Gasteiger charge is -2.25. The van der Waals surface area contributed by atoms with E-state index in [4.69, 9.17) is 34.8 Å². The number of nitrogens with one attached hydrogen (secondary N) is 2. The van der Waals surface area contributed by atoms with E-state index in [0.29, 0.717) is 31.9 Å². The third-order valence-corrected chi connectivity index (χ3v) is 7.60. The Bertz CT molecular complexity index is 1440. The van der Waals surface area contributed by atoms with Gasteiger partial charge in [-0.25, -0.2) is 26.7 Å². The molecule has 1 aliphatic rings. The van der Waals surface area contributed by atoms with Gasteiger partial charge in [-0.15, -0.1) is 0 Å². The number of carbonyl (C=O) groups is 1. The van der Waals surface area contributed by atoms with Crippen LogP contribution in [0.2, 0.25) is 15.1 Å². The summed E-state index contributed by atoms with van der Waals surface area (Å²) in [4.78, 5) is 12.0. The van der Waals surface area contributed by atoms with Gasteiger partial charge in [-0.3, -0.25) is 4.68 Å². The molecule has 2 aromatic carbocycles. The van der Waals surface area contributed by atoms with Crippen molar-refractivity contribution in [2.75, 3.05) is 6.54 Å². The number of hydrogen-bond acceptors (Lipinski definition) is 4. The van der Waals surface area contributed by atoms with E-state index in [1.165, 1.54) is 36.5 Å². The average Bonchev–Trinajstić information content (AvgIpc) is 3.17. The third-order valence-electron chi connectivity index (χ3n) is 5.41. The first-order chi connectivity index (χ1) is 16.9. The fourth-order valence-corrected chi connectivity index (χ4v) is 5.35. The number of benzene rings is 2. The fraction of sp³-hybridized carbons (Fsp3) is 0.217. The Labute approximate surface area is 221 Å². The fourth-order valence-electron chi connectivity index (χ4n) is 3.83. The molecule has 0 atom stereocenters. The van der Waals surface area contributed by atoms with Crippen molar-refractivity contribution in [3.63, 3.8) is 0 Å². The van der Waals surface area contributed by atoms with Gasteiger partial charge in [-0.05, 0) is 47.5 Å². The van der Waals surface area contributed by atoms with Crippen molar-refractivity contribution < 1.29 is 22.0 Å². The lowest BCUT2D eigenvalue weighted by atomic mass is 9.89. The summed E-state index contributed by atoms with van der Waals surface area (Å²) in [6.07, 6.45) is 1.77. The molecule has 3 aromatic rings. The Morgan fingerprint density at radius 1 is 1.08 bits per heavy atom. The highest BCUT2D eigenvalue weighted by atomic mass is 35.5. The van der Waals surface area contributed by atoms with Crippen LogP contribution < -0.4 is 10.0 Å². The molecule has 7 nitrogen and oxygen atoms in total. The second-order valence-corrected chi connectivity index (χ2v) is 11.1. The van der Waals surface area contributed by atoms with Crippen molar-refractivity contribution in [3.05, 3.63) is 86.6 Å². The maximum absolute atomic E-state index is 14.4. The van der Waals surface area contributed by atoms with Crippen LogP contribution >= 0.6 is 34.8 Å². The predicted octanol–water partition coefficient (Wildman–Crippen LogP) is 5.54. The normalized spacial score (nSPS) is 16.0. The van der Waals surface area contributed by atoms with E-state index in [2.05, 4.69) is 10.4 Å². The Kier molecular flexibility index (Phi) is 7.61. The number of allylic oxidation sites excluding steroid dienone is 1. The molecule has 190 valence electrons. The van der Waals surface area contributed by atoms with Crippen molar-refractivity contribution in [3.8, 4) is 0 Å². The largest absolute Gasteiger partial charge is 0.334 e. The molecule has 4 rings (SSSR count). The second kappa shape index (κ2) is 10.4. The molecule has 0 aliphatic heterocycles. The van der Waals surface area contributed by atoms with E-state index in [0.717, 1.165) is 0 Å². The predicted molar refractivity (Wildman–Crippen MR) is 134 cm³/mol. The van der Waals surface area contributed by atoms with E-state index < -0.39 is 34.8 Å². The highest BCUT2D eigenvalue weighted by Crippen LogP contribution is 2.40. The number of amides is 2. The van der Waals surface area contributed by atoms with E-state index in [-0.39, 0.29) is 23.6 Å². The molecule has 2 N–H and O–H groups in total. The Balaban J connectivity index is 1.50. The summed E-state index contributed by atoms with van der Waals surface area (Å²) in [5.41, 5.74) is 1.83. The van der Waals surface area contributed by atoms with Gasteiger partial charge in [0.15, 0.2) is 0 Å². The molecule has 1 heterocycles. The number of halogens is 5. The summed E-state index contributed by atoms with van der Waals surface area (Å²) in [5, 5.41) is 7.85. The summed E-state index contributed by atoms with van der Waals surface area (Å²) < 4.78 is 56.9. The molecule has 0 saturated heterocycles. The summed E-state index contributed by atoms with van der Waals surface area (Å²) in [5.74, 6) is -3.00. The van der Waals surface area contributed by atoms with Crippen LogP contribution in [0.25, 0.3) is 5.57 Å². The van der Waals surface area contributed by atoms with Gasteiger partial charge in [0, 0.05) is 40.0 Å². The third kappa shape index (κ3) is 6.18. The Morgan fingerprint density at radius 2 is 1.78 bits per heavy atom. The van der Waals surface area contributed by atoms with Crippen LogP contribution in [0.1, 0.15) is 23.2 Å². The minimum Gasteiger partial charge on any atom is -0.334 e. The minimum atomic E-state index is -4.14. The van der Waals surface area contributed by atoms with Gasteiger partial charge in [0.25, 0.3) is 15.9 Å². The number of alkyl halides is 2. The molecule has 36 heavy (non-hydrogen) atoms. The molecular weight excluding hydrogens is 557 g/mol. The summed E-state index contributed by atoms with van der Waals surface area (Å²) in [6.45, 7) is 0.0290. The zero-order valence-electron chi connectivity index (χ0n) is 18.4. The molecule has 1 aliphatic carbocycles. The lowest BCUT2D eigenvalue weighted by Crippen LogP contribution is -2.39. The highest BCUT2D eigenvalue weighted by Gasteiger charge is 2.38. The molecule has 0 spiro atoms. The van der Waals surface area contributed by atoms with Gasteiger partial charge in [0.05, 0.1) is 23.3 Å². The SMILES string of the molecule is O=C(NC/C=C1\CC(F)(F)Cc2cnn(Cc3ccc(Cl)cc3Cl)c21)NS(=O)(=O)c1ccc(Cl)cc1. The number of nitrogens with zero attached hydrogens (tertiary/aromatic N) is 2. The quantitative estimate of drug-likeness (QED) is 0.403. The average molecular weight is 576 g/mol. The number of sulfonamides is 1. The van der Waals surface area contributed by atoms with E-state index in [1.54, 1.807) is 22.9 Å². The van der Waals surface area contributed by atoms with Crippen LogP contribution in [0.4, 0.5) is 13.6 Å². The topological polar surface area (TPSA) is 93.1 Å². The summed E-state index contributed by atoms with van der Waals surface area (Å²) in [6, 6.07) is 9.22. The first-order valence-electron chi connectivity index (χ1n) is 10.6. The molecule has 0 bridgehead atoms. The smallest absolute Gasteiger partial charge is 0.328 e. The number of rotatable bonds is 6. The van der Waals surface area contributed by atoms with Gasteiger partial charge in [-0.2, -0.15) is 5.10 Å². The molecular formula is C23H19Cl3F2N4O3S. The second-order valence-electron chi connectivity index (χ2n) is 8.12. The van der Waals surface area contributed by atoms with Crippen molar-refractivity contribution >= 4 is 56.4 Å². The van der Waals surface area contributed by atoms with Gasteiger partial charge in [0.1, 0.15) is 0 Å². The van der Waals surface area contributed by atoms with Crippen molar-refractivity contribution in [1.29, 1.82) is 0 Å². The van der Waals surface area contributed by atoms with E-state index >= 15 is 0 Å². The maximum Gasteiger partial charge on any atom is 0.328 e. The van der Waals surface area contributed by atoms with Gasteiger partial charge in [-0.1, -0.05) is 46.9 Å². The van der Waals surface area contributed by atoms with Crippen molar-refractivity contribution in [2.24, 2.45) is 0 Å². The van der Waals surface area contributed by atoms with Crippen LogP contribution in [0.5, 0.6) is 0 Å². The van der Waals surface area contributed by atoms with E-state index in [1.807, 2.05) is 4.72 Å². The summed E-state index contributed by atoms with van der Waals surface area (Å²) in [7, 11) is -4.14. The summed E-state index contributed by atoms with van der Waals surface area (Å²) >= 11 is 18.0. The van der Waals surface area contributed by atoms with Crippen LogP contribution in [-0.2, 0) is 23.0 Å². The Hall–Kier alpha value is -2.66. The number of fused-ring (bicyclic) bond motifs is 1. The molecule has 0 unspecified atom stereocenters. The molecule has 0 saturated carbocycles. The monoisotopic (exact) mass is 574 g/mol. The van der Waals surface area contributed by atoms with Crippen LogP contribution in [0, 0.1) is 0 Å². The molecule has 0 radical (unpaired) electrons. The number of carbonyl (C=O) groups excluding carboxylic acids is 1. The van der Waals surface area contributed by atoms with Crippen LogP contribution in [-0.4, -0.2) is 36.7 Å². The van der Waals surface area contributed by atoms with Gasteiger partial charge in [0.2, 0.25) is 0 Å². The maximum atomic E-state index is 14.4. The molecule has 1 aromatic heterocycles. The first kappa shape index (κ1) is 26.4. The zero-order valence-corrected chi connectivity index (χ0v) is 21.5. The molecule has 2 amide bonds. The molecule has 13 heteroatoms. The lowest BCUT2D eigenvalue weighted by molar-refractivity contribution is 0.00419. The minimum absolute atomic E-state index is 0.151. The molecule has 0 fully saturated rings. The number of aromatic nitrogens is 2. The Morgan fingerprint density at radius 3 is 2.47 bits per heavy atom. The van der Waals surface area contributed by atoms with Crippen molar-refractivity contribution in [1.82, 2.24) is 19.8 Å². The van der Waals surface area contributed by atoms with E-state index in [9.17, 15) is 22.0 Å². The zero-order chi connectivity index (χ0) is 26.1. The number of urea groups is 1. The number of hydrogen-bond donors (Lipinski definition) is 2. The standard InChI is InChI=1S/C23H19Cl3F2N4O3S/c24-17-3-5-19(6-4-17)36(34,35)31-22(33)29-8-7-14-10-23(27,28)11-16-12-30-32(21(14)16)13-15-1-2-18(25)9-20(15)26/h1-7,9,12H,8,10-11,13H2,(H2,29,31,33)/b14-7+.